The van der Waals surface area contributed by atoms with E-state index in [1.807, 2.05) is 5.38 Å². The van der Waals surface area contributed by atoms with Crippen molar-refractivity contribution >= 4 is 24.0 Å². The van der Waals surface area contributed by atoms with Crippen LogP contribution in [0.15, 0.2) is 27.9 Å². The highest BCUT2D eigenvalue weighted by molar-refractivity contribution is 7.82. The molecule has 0 radical (unpaired) electrons. The summed E-state index contributed by atoms with van der Waals surface area (Å²) < 4.78 is 0.674. The van der Waals surface area contributed by atoms with Gasteiger partial charge < -0.3 is 10.2 Å². The SMILES string of the molecule is Oc1ccc(-c2csc(S)n2)cc1O. The van der Waals surface area contributed by atoms with Crippen molar-refractivity contribution in [1.82, 2.24) is 4.98 Å². The topological polar surface area (TPSA) is 53.4 Å². The highest BCUT2D eigenvalue weighted by atomic mass is 32.2. The summed E-state index contributed by atoms with van der Waals surface area (Å²) in [6.45, 7) is 0. The first-order valence-corrected chi connectivity index (χ1v) is 5.16. The van der Waals surface area contributed by atoms with Crippen LogP contribution in [0.2, 0.25) is 0 Å². The first-order valence-electron chi connectivity index (χ1n) is 3.83. The first kappa shape index (κ1) is 9.36. The van der Waals surface area contributed by atoms with Gasteiger partial charge in [-0.2, -0.15) is 0 Å². The number of aromatic hydroxyl groups is 2. The number of nitrogens with zero attached hydrogens (tertiary/aromatic N) is 1. The number of hydrogen-bond donors (Lipinski definition) is 3. The lowest BCUT2D eigenvalue weighted by Crippen LogP contribution is -1.77. The fraction of sp³-hybridized carbons (Fsp3) is 0. The quantitative estimate of drug-likeness (QED) is 0.516. The van der Waals surface area contributed by atoms with E-state index in [4.69, 9.17) is 5.11 Å². The minimum absolute atomic E-state index is 0.130. The molecule has 2 N–H and O–H groups in total. The van der Waals surface area contributed by atoms with Crippen molar-refractivity contribution in [1.29, 1.82) is 0 Å². The normalized spacial score (nSPS) is 10.4. The lowest BCUT2D eigenvalue weighted by molar-refractivity contribution is 0.404. The van der Waals surface area contributed by atoms with Gasteiger partial charge in [-0.1, -0.05) is 0 Å². The first-order chi connectivity index (χ1) is 6.66. The summed E-state index contributed by atoms with van der Waals surface area (Å²) in [6, 6.07) is 4.59. The summed E-state index contributed by atoms with van der Waals surface area (Å²) in [5.74, 6) is -0.272. The fourth-order valence-corrected chi connectivity index (χ4v) is 1.90. The number of thiol groups is 1. The Labute approximate surface area is 90.1 Å². The van der Waals surface area contributed by atoms with E-state index in [1.54, 1.807) is 6.07 Å². The van der Waals surface area contributed by atoms with Crippen molar-refractivity contribution in [3.8, 4) is 22.8 Å². The molecule has 0 aliphatic heterocycles. The predicted molar refractivity (Wildman–Crippen MR) is 58.1 cm³/mol. The molecule has 0 aliphatic carbocycles. The zero-order valence-electron chi connectivity index (χ0n) is 7.01. The second-order valence-corrected chi connectivity index (χ2v) is 4.30. The van der Waals surface area contributed by atoms with Crippen LogP contribution in [0.1, 0.15) is 0 Å². The molecule has 1 heterocycles. The lowest BCUT2D eigenvalue weighted by atomic mass is 10.1. The van der Waals surface area contributed by atoms with E-state index in [9.17, 15) is 5.11 Å². The predicted octanol–water partition coefficient (Wildman–Crippen LogP) is 2.51. The average molecular weight is 225 g/mol. The Morgan fingerprint density at radius 3 is 2.57 bits per heavy atom. The van der Waals surface area contributed by atoms with Crippen molar-refractivity contribution < 1.29 is 10.2 Å². The second-order valence-electron chi connectivity index (χ2n) is 2.72. The average Bonchev–Trinajstić information content (AvgIpc) is 2.57. The van der Waals surface area contributed by atoms with Gasteiger partial charge in [0.25, 0.3) is 0 Å². The number of thiazole rings is 1. The van der Waals surface area contributed by atoms with E-state index in [0.717, 1.165) is 11.3 Å². The van der Waals surface area contributed by atoms with Crippen LogP contribution in [0.25, 0.3) is 11.3 Å². The maximum atomic E-state index is 9.27. The molecule has 2 aromatic rings. The molecule has 0 saturated carbocycles. The third-order valence-electron chi connectivity index (χ3n) is 1.76. The summed E-state index contributed by atoms with van der Waals surface area (Å²) in [6.07, 6.45) is 0. The van der Waals surface area contributed by atoms with Crippen LogP contribution in [-0.2, 0) is 0 Å². The molecule has 0 unspecified atom stereocenters. The van der Waals surface area contributed by atoms with E-state index in [-0.39, 0.29) is 11.5 Å². The van der Waals surface area contributed by atoms with E-state index in [1.165, 1.54) is 23.5 Å². The molecule has 2 rings (SSSR count). The highest BCUT2D eigenvalue weighted by Gasteiger charge is 2.05. The van der Waals surface area contributed by atoms with Gasteiger partial charge in [0.05, 0.1) is 5.69 Å². The van der Waals surface area contributed by atoms with Crippen molar-refractivity contribution in [3.05, 3.63) is 23.6 Å². The van der Waals surface area contributed by atoms with Crippen LogP contribution in [0.3, 0.4) is 0 Å². The second kappa shape index (κ2) is 3.51. The molecule has 0 aliphatic rings. The van der Waals surface area contributed by atoms with Crippen molar-refractivity contribution in [3.63, 3.8) is 0 Å². The van der Waals surface area contributed by atoms with Crippen molar-refractivity contribution in [2.45, 2.75) is 4.34 Å². The van der Waals surface area contributed by atoms with Gasteiger partial charge >= 0.3 is 0 Å². The summed E-state index contributed by atoms with van der Waals surface area (Å²) in [5.41, 5.74) is 1.51. The molecule has 0 bridgehead atoms. The molecule has 0 atom stereocenters. The van der Waals surface area contributed by atoms with E-state index in [0.29, 0.717) is 4.34 Å². The largest absolute Gasteiger partial charge is 0.504 e. The van der Waals surface area contributed by atoms with Gasteiger partial charge in [0.15, 0.2) is 11.5 Å². The summed E-state index contributed by atoms with van der Waals surface area (Å²) in [4.78, 5) is 4.14. The van der Waals surface area contributed by atoms with E-state index in [2.05, 4.69) is 17.6 Å². The summed E-state index contributed by atoms with van der Waals surface area (Å²) in [5, 5.41) is 20.2. The molecule has 1 aromatic heterocycles. The van der Waals surface area contributed by atoms with Crippen molar-refractivity contribution in [2.24, 2.45) is 0 Å². The standard InChI is InChI=1S/C9H7NO2S2/c11-7-2-1-5(3-8(7)12)6-4-14-9(13)10-6/h1-4,11-12H,(H,10,13). The molecule has 5 heteroatoms. The van der Waals surface area contributed by atoms with Crippen molar-refractivity contribution in [2.75, 3.05) is 0 Å². The van der Waals surface area contributed by atoms with Crippen LogP contribution in [0.4, 0.5) is 0 Å². The van der Waals surface area contributed by atoms with Gasteiger partial charge in [-0.15, -0.1) is 24.0 Å². The molecule has 0 saturated heterocycles. The van der Waals surface area contributed by atoms with Gasteiger partial charge in [0.1, 0.15) is 4.34 Å². The van der Waals surface area contributed by atoms with Crippen LogP contribution in [0.5, 0.6) is 11.5 Å². The van der Waals surface area contributed by atoms with Crippen LogP contribution in [0, 0.1) is 0 Å². The molecule has 0 spiro atoms. The number of rotatable bonds is 1. The van der Waals surface area contributed by atoms with Crippen LogP contribution in [-0.4, -0.2) is 15.2 Å². The summed E-state index contributed by atoms with van der Waals surface area (Å²) >= 11 is 5.52. The van der Waals surface area contributed by atoms with Gasteiger partial charge in [0.2, 0.25) is 0 Å². The van der Waals surface area contributed by atoms with E-state index < -0.39 is 0 Å². The van der Waals surface area contributed by atoms with Gasteiger partial charge in [-0.25, -0.2) is 4.98 Å². The van der Waals surface area contributed by atoms with Crippen LogP contribution >= 0.6 is 24.0 Å². The number of aromatic nitrogens is 1. The Bertz CT molecular complexity index is 468. The maximum absolute atomic E-state index is 9.27. The minimum Gasteiger partial charge on any atom is -0.504 e. The zero-order valence-corrected chi connectivity index (χ0v) is 8.72. The number of phenols is 2. The number of benzene rings is 1. The lowest BCUT2D eigenvalue weighted by Gasteiger charge is -1.99. The van der Waals surface area contributed by atoms with Gasteiger partial charge in [-0.3, -0.25) is 0 Å². The molecular weight excluding hydrogens is 218 g/mol. The molecule has 0 fully saturated rings. The molecule has 72 valence electrons. The minimum atomic E-state index is -0.142. The zero-order chi connectivity index (χ0) is 10.1. The Hall–Kier alpha value is -1.20. The Morgan fingerprint density at radius 2 is 2.00 bits per heavy atom. The molecular formula is C9H7NO2S2. The third-order valence-corrected chi connectivity index (χ3v) is 2.82. The smallest absolute Gasteiger partial charge is 0.158 e. The van der Waals surface area contributed by atoms with Gasteiger partial charge in [-0.05, 0) is 18.2 Å². The molecule has 1 aromatic carbocycles. The highest BCUT2D eigenvalue weighted by Crippen LogP contribution is 2.31. The maximum Gasteiger partial charge on any atom is 0.158 e. The van der Waals surface area contributed by atoms with Gasteiger partial charge in [0, 0.05) is 10.9 Å². The molecule has 0 amide bonds. The van der Waals surface area contributed by atoms with Crippen LogP contribution < -0.4 is 0 Å². The number of phenolic OH excluding ortho intramolecular Hbond substituents is 2. The van der Waals surface area contributed by atoms with E-state index >= 15 is 0 Å². The third kappa shape index (κ3) is 1.69. The number of hydrogen-bond acceptors (Lipinski definition) is 5. The Kier molecular flexibility index (Phi) is 2.35. The molecule has 3 nitrogen and oxygen atoms in total. The summed E-state index contributed by atoms with van der Waals surface area (Å²) in [7, 11) is 0. The fourth-order valence-electron chi connectivity index (χ4n) is 1.08. The monoisotopic (exact) mass is 225 g/mol. The molecule has 14 heavy (non-hydrogen) atoms. The Balaban J connectivity index is 2.47. The Morgan fingerprint density at radius 1 is 1.21 bits per heavy atom.